The van der Waals surface area contributed by atoms with Crippen LogP contribution in [0.1, 0.15) is 55.6 Å². The number of aliphatic hydroxyl groups is 1. The van der Waals surface area contributed by atoms with Crippen LogP contribution >= 0.6 is 0 Å². The zero-order valence-corrected chi connectivity index (χ0v) is 11.9. The molecule has 1 atom stereocenters. The summed E-state index contributed by atoms with van der Waals surface area (Å²) in [5, 5.41) is 12.9. The summed E-state index contributed by atoms with van der Waals surface area (Å²) < 4.78 is 0. The number of carbonyl (C=O) groups is 1. The van der Waals surface area contributed by atoms with Gasteiger partial charge in [-0.3, -0.25) is 4.79 Å². The maximum atomic E-state index is 12.1. The van der Waals surface area contributed by atoms with E-state index < -0.39 is 5.60 Å². The average Bonchev–Trinajstić information content (AvgIpc) is 2.43. The lowest BCUT2D eigenvalue weighted by molar-refractivity contribution is -0.124. The van der Waals surface area contributed by atoms with Crippen LogP contribution in [0.25, 0.3) is 0 Å². The van der Waals surface area contributed by atoms with Gasteiger partial charge in [-0.2, -0.15) is 0 Å². The van der Waals surface area contributed by atoms with Crippen molar-refractivity contribution in [2.45, 2.75) is 56.5 Å². The van der Waals surface area contributed by atoms with Crippen molar-refractivity contribution in [2.75, 3.05) is 6.54 Å². The summed E-state index contributed by atoms with van der Waals surface area (Å²) in [7, 11) is 0. The molecule has 3 nitrogen and oxygen atoms in total. The molecular formula is C17H23NO2. The normalized spacial score (nSPS) is 23.6. The molecule has 1 aromatic carbocycles. The maximum absolute atomic E-state index is 12.1. The summed E-state index contributed by atoms with van der Waals surface area (Å²) >= 11 is 0. The van der Waals surface area contributed by atoms with Crippen molar-refractivity contribution in [3.8, 4) is 0 Å². The molecule has 1 amide bonds. The largest absolute Gasteiger partial charge is 0.388 e. The highest BCUT2D eigenvalue weighted by Crippen LogP contribution is 2.34. The molecule has 3 heteroatoms. The van der Waals surface area contributed by atoms with Gasteiger partial charge in [-0.1, -0.05) is 24.3 Å². The van der Waals surface area contributed by atoms with Gasteiger partial charge in [0.05, 0.1) is 5.60 Å². The Kier molecular flexibility index (Phi) is 3.79. The lowest BCUT2D eigenvalue weighted by atomic mass is 9.79. The van der Waals surface area contributed by atoms with Crippen LogP contribution in [0.2, 0.25) is 0 Å². The minimum Gasteiger partial charge on any atom is -0.388 e. The molecule has 108 valence electrons. The number of amides is 1. The third kappa shape index (κ3) is 2.88. The number of hydrogen-bond donors (Lipinski definition) is 2. The minimum absolute atomic E-state index is 0.0760. The van der Waals surface area contributed by atoms with Gasteiger partial charge in [0.1, 0.15) is 0 Å². The van der Waals surface area contributed by atoms with Crippen molar-refractivity contribution in [1.82, 2.24) is 5.32 Å². The Bertz CT molecular complexity index is 494. The molecule has 0 aromatic heterocycles. The van der Waals surface area contributed by atoms with Crippen molar-refractivity contribution in [3.05, 3.63) is 35.4 Å². The van der Waals surface area contributed by atoms with Crippen LogP contribution in [0.15, 0.2) is 24.3 Å². The third-order valence-corrected chi connectivity index (χ3v) is 4.82. The standard InChI is InChI=1S/C17H23NO2/c19-16(18-12-17(20)9-4-10-17)11-14-7-3-6-13-5-1-2-8-15(13)14/h1-2,5,8,14,20H,3-4,6-7,9-12H2,(H,18,19). The van der Waals surface area contributed by atoms with E-state index in [2.05, 4.69) is 29.6 Å². The summed E-state index contributed by atoms with van der Waals surface area (Å²) in [5.41, 5.74) is 2.12. The van der Waals surface area contributed by atoms with Gasteiger partial charge in [0, 0.05) is 13.0 Å². The molecule has 1 saturated carbocycles. The zero-order chi connectivity index (χ0) is 14.0. The molecular weight excluding hydrogens is 250 g/mol. The third-order valence-electron chi connectivity index (χ3n) is 4.82. The van der Waals surface area contributed by atoms with E-state index >= 15 is 0 Å². The lowest BCUT2D eigenvalue weighted by Crippen LogP contribution is -2.48. The predicted molar refractivity (Wildman–Crippen MR) is 78.5 cm³/mol. The molecule has 2 aliphatic rings. The highest BCUT2D eigenvalue weighted by atomic mass is 16.3. The molecule has 0 saturated heterocycles. The molecule has 2 aliphatic carbocycles. The SMILES string of the molecule is O=C(CC1CCCc2ccccc21)NCC1(O)CCC1. The number of aryl methyl sites for hydroxylation is 1. The van der Waals surface area contributed by atoms with E-state index in [1.807, 2.05) is 0 Å². The summed E-state index contributed by atoms with van der Waals surface area (Å²) in [4.78, 5) is 12.1. The molecule has 1 unspecified atom stereocenters. The number of fused-ring (bicyclic) bond motifs is 1. The van der Waals surface area contributed by atoms with E-state index in [9.17, 15) is 9.90 Å². The smallest absolute Gasteiger partial charge is 0.220 e. The summed E-state index contributed by atoms with van der Waals surface area (Å²) in [6, 6.07) is 8.47. The lowest BCUT2D eigenvalue weighted by Gasteiger charge is -2.36. The fourth-order valence-electron chi connectivity index (χ4n) is 3.39. The van der Waals surface area contributed by atoms with E-state index in [1.165, 1.54) is 17.5 Å². The van der Waals surface area contributed by atoms with E-state index in [-0.39, 0.29) is 5.91 Å². The van der Waals surface area contributed by atoms with Crippen LogP contribution in [0.3, 0.4) is 0 Å². The van der Waals surface area contributed by atoms with E-state index in [4.69, 9.17) is 0 Å². The quantitative estimate of drug-likeness (QED) is 0.885. The predicted octanol–water partition coefficient (Wildman–Crippen LogP) is 2.53. The van der Waals surface area contributed by atoms with Crippen LogP contribution in [0, 0.1) is 0 Å². The highest BCUT2D eigenvalue weighted by Gasteiger charge is 2.34. The fourth-order valence-corrected chi connectivity index (χ4v) is 3.39. The first-order chi connectivity index (χ1) is 9.66. The molecule has 0 radical (unpaired) electrons. The Balaban J connectivity index is 1.57. The molecule has 2 N–H and O–H groups in total. The monoisotopic (exact) mass is 273 g/mol. The van der Waals surface area contributed by atoms with Gasteiger partial charge in [-0.25, -0.2) is 0 Å². The number of hydrogen-bond acceptors (Lipinski definition) is 2. The Morgan fingerprint density at radius 2 is 2.10 bits per heavy atom. The Hall–Kier alpha value is -1.35. The molecule has 20 heavy (non-hydrogen) atoms. The Labute approximate surface area is 120 Å². The van der Waals surface area contributed by atoms with Crippen molar-refractivity contribution in [3.63, 3.8) is 0 Å². The fraction of sp³-hybridized carbons (Fsp3) is 0.588. The van der Waals surface area contributed by atoms with Crippen LogP contribution in [0.4, 0.5) is 0 Å². The molecule has 1 fully saturated rings. The van der Waals surface area contributed by atoms with Gasteiger partial charge in [0.2, 0.25) is 5.91 Å². The van der Waals surface area contributed by atoms with Crippen molar-refractivity contribution in [2.24, 2.45) is 0 Å². The van der Waals surface area contributed by atoms with E-state index in [0.717, 1.165) is 32.1 Å². The van der Waals surface area contributed by atoms with Gasteiger partial charge in [-0.05, 0) is 55.6 Å². The summed E-state index contributed by atoms with van der Waals surface area (Å²) in [6.45, 7) is 0.417. The number of nitrogens with one attached hydrogen (secondary N) is 1. The van der Waals surface area contributed by atoms with E-state index in [0.29, 0.717) is 18.9 Å². The number of rotatable bonds is 4. The van der Waals surface area contributed by atoms with Gasteiger partial charge < -0.3 is 10.4 Å². The van der Waals surface area contributed by atoms with Gasteiger partial charge in [0.15, 0.2) is 0 Å². The Morgan fingerprint density at radius 3 is 2.85 bits per heavy atom. The summed E-state index contributed by atoms with van der Waals surface area (Å²) in [6.07, 6.45) is 6.65. The van der Waals surface area contributed by atoms with Gasteiger partial charge >= 0.3 is 0 Å². The highest BCUT2D eigenvalue weighted by molar-refractivity contribution is 5.77. The molecule has 0 heterocycles. The van der Waals surface area contributed by atoms with Crippen LogP contribution in [-0.2, 0) is 11.2 Å². The number of benzene rings is 1. The first-order valence-corrected chi connectivity index (χ1v) is 7.73. The van der Waals surface area contributed by atoms with Crippen LogP contribution in [0.5, 0.6) is 0 Å². The van der Waals surface area contributed by atoms with Crippen LogP contribution in [-0.4, -0.2) is 23.2 Å². The minimum atomic E-state index is -0.625. The topological polar surface area (TPSA) is 49.3 Å². The second kappa shape index (κ2) is 5.57. The molecule has 0 bridgehead atoms. The van der Waals surface area contributed by atoms with Gasteiger partial charge in [0.25, 0.3) is 0 Å². The first kappa shape index (κ1) is 13.6. The molecule has 1 aromatic rings. The van der Waals surface area contributed by atoms with Crippen molar-refractivity contribution >= 4 is 5.91 Å². The first-order valence-electron chi connectivity index (χ1n) is 7.73. The van der Waals surface area contributed by atoms with Crippen molar-refractivity contribution in [1.29, 1.82) is 0 Å². The molecule has 0 aliphatic heterocycles. The average molecular weight is 273 g/mol. The second-order valence-electron chi connectivity index (χ2n) is 6.35. The van der Waals surface area contributed by atoms with Crippen LogP contribution < -0.4 is 5.32 Å². The zero-order valence-electron chi connectivity index (χ0n) is 11.9. The second-order valence-corrected chi connectivity index (χ2v) is 6.35. The van der Waals surface area contributed by atoms with Crippen molar-refractivity contribution < 1.29 is 9.90 Å². The Morgan fingerprint density at radius 1 is 1.30 bits per heavy atom. The maximum Gasteiger partial charge on any atom is 0.220 e. The van der Waals surface area contributed by atoms with Gasteiger partial charge in [-0.15, -0.1) is 0 Å². The molecule has 3 rings (SSSR count). The molecule has 0 spiro atoms. The number of carbonyl (C=O) groups excluding carboxylic acids is 1. The summed E-state index contributed by atoms with van der Waals surface area (Å²) in [5.74, 6) is 0.419. The van der Waals surface area contributed by atoms with E-state index in [1.54, 1.807) is 0 Å².